The molecule has 1 aliphatic heterocycles. The lowest BCUT2D eigenvalue weighted by atomic mass is 9.69. The Kier molecular flexibility index (Phi) is 3.98. The molecule has 3 rings (SSSR count). The van der Waals surface area contributed by atoms with Crippen molar-refractivity contribution in [1.29, 1.82) is 0 Å². The predicted octanol–water partition coefficient (Wildman–Crippen LogP) is 1.32. The van der Waals surface area contributed by atoms with Crippen LogP contribution >= 0.6 is 0 Å². The molecule has 2 aliphatic rings. The molecule has 21 heavy (non-hydrogen) atoms. The molecule has 4 unspecified atom stereocenters. The number of nitrogens with two attached hydrogens (primary N) is 1. The number of ether oxygens (including phenoxy) is 2. The van der Waals surface area contributed by atoms with Crippen molar-refractivity contribution in [3.8, 4) is 5.75 Å². The fraction of sp³-hybridized carbons (Fsp3) is 0.533. The second-order valence-corrected chi connectivity index (χ2v) is 5.58. The van der Waals surface area contributed by atoms with E-state index in [0.29, 0.717) is 17.4 Å². The van der Waals surface area contributed by atoms with Crippen molar-refractivity contribution in [2.24, 2.45) is 11.7 Å². The summed E-state index contributed by atoms with van der Waals surface area (Å²) in [4.78, 5) is 12.1. The molecule has 4 N–H and O–H groups in total. The Balaban J connectivity index is 1.56. The lowest BCUT2D eigenvalue weighted by Gasteiger charge is -2.52. The molecular weight excluding hydrogens is 270 g/mol. The average molecular weight is 291 g/mol. The summed E-state index contributed by atoms with van der Waals surface area (Å²) in [6, 6.07) is 6.82. The fourth-order valence-electron chi connectivity index (χ4n) is 3.15. The Bertz CT molecular complexity index is 523. The standard InChI is InChI=1S/C15H21N3O3/c1-20-10-5-2-4-9(8-10)17-15(19)18-13-12(16)11-6-3-7-21-14(11)13/h2,4-5,8,11-14H,3,6-7,16H2,1H3,(H2,17,18,19). The van der Waals surface area contributed by atoms with Crippen molar-refractivity contribution in [2.45, 2.75) is 31.0 Å². The molecule has 1 aromatic carbocycles. The first-order valence-corrected chi connectivity index (χ1v) is 7.28. The highest BCUT2D eigenvalue weighted by atomic mass is 16.5. The third-order valence-electron chi connectivity index (χ3n) is 4.30. The Morgan fingerprint density at radius 2 is 2.33 bits per heavy atom. The van der Waals surface area contributed by atoms with Crippen LogP contribution in [0.15, 0.2) is 24.3 Å². The van der Waals surface area contributed by atoms with Gasteiger partial charge in [-0.25, -0.2) is 4.79 Å². The predicted molar refractivity (Wildman–Crippen MR) is 79.4 cm³/mol. The Morgan fingerprint density at radius 3 is 3.14 bits per heavy atom. The number of carbonyl (C=O) groups is 1. The van der Waals surface area contributed by atoms with Gasteiger partial charge in [0.2, 0.25) is 0 Å². The van der Waals surface area contributed by atoms with Crippen LogP contribution < -0.4 is 21.1 Å². The number of fused-ring (bicyclic) bond motifs is 1. The number of urea groups is 1. The highest BCUT2D eigenvalue weighted by molar-refractivity contribution is 5.89. The van der Waals surface area contributed by atoms with Crippen LogP contribution in [-0.4, -0.2) is 37.9 Å². The number of anilines is 1. The molecule has 6 heteroatoms. The van der Waals surface area contributed by atoms with E-state index < -0.39 is 0 Å². The van der Waals surface area contributed by atoms with Crippen molar-refractivity contribution in [2.75, 3.05) is 19.0 Å². The molecule has 1 heterocycles. The number of rotatable bonds is 3. The van der Waals surface area contributed by atoms with Crippen molar-refractivity contribution < 1.29 is 14.3 Å². The van der Waals surface area contributed by atoms with Crippen LogP contribution in [0.4, 0.5) is 10.5 Å². The Labute approximate surface area is 124 Å². The molecule has 0 radical (unpaired) electrons. The molecule has 0 aromatic heterocycles. The molecule has 1 saturated carbocycles. The average Bonchev–Trinajstić information content (AvgIpc) is 2.52. The van der Waals surface area contributed by atoms with Crippen LogP contribution in [0, 0.1) is 5.92 Å². The molecular formula is C15H21N3O3. The first kappa shape index (κ1) is 14.2. The van der Waals surface area contributed by atoms with Gasteiger partial charge in [-0.15, -0.1) is 0 Å². The van der Waals surface area contributed by atoms with Crippen molar-refractivity contribution >= 4 is 11.7 Å². The SMILES string of the molecule is COc1cccc(NC(=O)NC2C(N)C3CCCOC32)c1. The summed E-state index contributed by atoms with van der Waals surface area (Å²) in [6.07, 6.45) is 2.20. The van der Waals surface area contributed by atoms with Gasteiger partial charge in [0.05, 0.1) is 19.3 Å². The van der Waals surface area contributed by atoms with E-state index in [1.165, 1.54) is 0 Å². The summed E-state index contributed by atoms with van der Waals surface area (Å²) in [7, 11) is 1.59. The number of amides is 2. The van der Waals surface area contributed by atoms with Gasteiger partial charge in [0.15, 0.2) is 0 Å². The smallest absolute Gasteiger partial charge is 0.319 e. The highest BCUT2D eigenvalue weighted by Crippen LogP contribution is 2.36. The van der Waals surface area contributed by atoms with Gasteiger partial charge in [0.25, 0.3) is 0 Å². The van der Waals surface area contributed by atoms with Gasteiger partial charge in [0, 0.05) is 30.3 Å². The van der Waals surface area contributed by atoms with E-state index in [1.54, 1.807) is 13.2 Å². The van der Waals surface area contributed by atoms with Crippen LogP contribution in [-0.2, 0) is 4.74 Å². The third-order valence-corrected chi connectivity index (χ3v) is 4.30. The summed E-state index contributed by atoms with van der Waals surface area (Å²) in [5.41, 5.74) is 6.80. The van der Waals surface area contributed by atoms with Gasteiger partial charge in [0.1, 0.15) is 5.75 Å². The minimum absolute atomic E-state index is 0.0219. The second kappa shape index (κ2) is 5.91. The van der Waals surface area contributed by atoms with Crippen molar-refractivity contribution in [1.82, 2.24) is 5.32 Å². The van der Waals surface area contributed by atoms with E-state index in [1.807, 2.05) is 18.2 Å². The summed E-state index contributed by atoms with van der Waals surface area (Å²) in [5, 5.41) is 5.70. The van der Waals surface area contributed by atoms with Crippen molar-refractivity contribution in [3.05, 3.63) is 24.3 Å². The number of benzene rings is 1. The lowest BCUT2D eigenvalue weighted by Crippen LogP contribution is -2.72. The van der Waals surface area contributed by atoms with E-state index in [9.17, 15) is 4.79 Å². The van der Waals surface area contributed by atoms with Crippen LogP contribution in [0.5, 0.6) is 5.75 Å². The van der Waals surface area contributed by atoms with E-state index >= 15 is 0 Å². The molecule has 1 aromatic rings. The van der Waals surface area contributed by atoms with E-state index in [4.69, 9.17) is 15.2 Å². The molecule has 2 fully saturated rings. The third kappa shape index (κ3) is 2.82. The maximum atomic E-state index is 12.1. The minimum Gasteiger partial charge on any atom is -0.497 e. The number of hydrogen-bond donors (Lipinski definition) is 3. The number of hydrogen-bond acceptors (Lipinski definition) is 4. The van der Waals surface area contributed by atoms with E-state index in [-0.39, 0.29) is 24.2 Å². The number of nitrogens with one attached hydrogen (secondary N) is 2. The fourth-order valence-corrected chi connectivity index (χ4v) is 3.15. The lowest BCUT2D eigenvalue weighted by molar-refractivity contribution is -0.116. The largest absolute Gasteiger partial charge is 0.497 e. The molecule has 1 saturated heterocycles. The molecule has 1 aliphatic carbocycles. The van der Waals surface area contributed by atoms with E-state index in [0.717, 1.165) is 19.4 Å². The van der Waals surface area contributed by atoms with Gasteiger partial charge < -0.3 is 25.8 Å². The summed E-state index contributed by atoms with van der Waals surface area (Å²) in [6.45, 7) is 0.754. The van der Waals surface area contributed by atoms with Gasteiger partial charge >= 0.3 is 6.03 Å². The summed E-state index contributed by atoms with van der Waals surface area (Å²) < 4.78 is 10.8. The zero-order valence-electron chi connectivity index (χ0n) is 12.0. The molecule has 0 spiro atoms. The van der Waals surface area contributed by atoms with Gasteiger partial charge in [-0.05, 0) is 25.0 Å². The maximum absolute atomic E-state index is 12.1. The zero-order chi connectivity index (χ0) is 14.8. The van der Waals surface area contributed by atoms with E-state index in [2.05, 4.69) is 10.6 Å². The number of methoxy groups -OCH3 is 1. The van der Waals surface area contributed by atoms with Crippen LogP contribution in [0.2, 0.25) is 0 Å². The monoisotopic (exact) mass is 291 g/mol. The molecule has 4 atom stereocenters. The maximum Gasteiger partial charge on any atom is 0.319 e. The Hall–Kier alpha value is -1.79. The van der Waals surface area contributed by atoms with Gasteiger partial charge in [-0.3, -0.25) is 0 Å². The molecule has 0 bridgehead atoms. The summed E-state index contributed by atoms with van der Waals surface area (Å²) >= 11 is 0. The molecule has 2 amide bonds. The van der Waals surface area contributed by atoms with Gasteiger partial charge in [-0.1, -0.05) is 6.07 Å². The highest BCUT2D eigenvalue weighted by Gasteiger charge is 2.51. The second-order valence-electron chi connectivity index (χ2n) is 5.58. The first-order chi connectivity index (χ1) is 10.2. The van der Waals surface area contributed by atoms with Crippen molar-refractivity contribution in [3.63, 3.8) is 0 Å². The molecule has 6 nitrogen and oxygen atoms in total. The zero-order valence-corrected chi connectivity index (χ0v) is 12.0. The number of carbonyl (C=O) groups excluding carboxylic acids is 1. The quantitative estimate of drug-likeness (QED) is 0.784. The molecule has 114 valence electrons. The normalized spacial score (nSPS) is 30.8. The van der Waals surface area contributed by atoms with Crippen LogP contribution in [0.1, 0.15) is 12.8 Å². The summed E-state index contributed by atoms with van der Waals surface area (Å²) in [5.74, 6) is 1.07. The topological polar surface area (TPSA) is 85.6 Å². The Morgan fingerprint density at radius 1 is 1.48 bits per heavy atom. The van der Waals surface area contributed by atoms with Gasteiger partial charge in [-0.2, -0.15) is 0 Å². The first-order valence-electron chi connectivity index (χ1n) is 7.28. The van der Waals surface area contributed by atoms with Crippen LogP contribution in [0.3, 0.4) is 0 Å². The minimum atomic E-state index is -0.267. The van der Waals surface area contributed by atoms with Crippen LogP contribution in [0.25, 0.3) is 0 Å².